The first-order valence-corrected chi connectivity index (χ1v) is 8.03. The molecule has 3 rings (SSSR count). The Morgan fingerprint density at radius 1 is 1.08 bits per heavy atom. The second-order valence-corrected chi connectivity index (χ2v) is 5.85. The lowest BCUT2D eigenvalue weighted by atomic mass is 10.1. The molecule has 1 heterocycles. The summed E-state index contributed by atoms with van der Waals surface area (Å²) >= 11 is 0. The van der Waals surface area contributed by atoms with Crippen molar-refractivity contribution < 1.29 is 22.7 Å². The summed E-state index contributed by atoms with van der Waals surface area (Å²) in [6.45, 7) is 2.30. The van der Waals surface area contributed by atoms with E-state index in [0.717, 1.165) is 5.56 Å². The molecule has 1 N–H and O–H groups in total. The molecular weight excluding hydrogens is 345 g/mol. The third-order valence-electron chi connectivity index (χ3n) is 4.01. The molecule has 4 nitrogen and oxygen atoms in total. The number of anilines is 1. The van der Waals surface area contributed by atoms with Crippen LogP contribution in [0.5, 0.6) is 5.75 Å². The van der Waals surface area contributed by atoms with Crippen molar-refractivity contribution in [1.82, 2.24) is 5.32 Å². The molecule has 0 fully saturated rings. The Kier molecular flexibility index (Phi) is 4.88. The Hall–Kier alpha value is -2.96. The number of ether oxygens (including phenoxy) is 1. The van der Waals surface area contributed by atoms with Gasteiger partial charge in [-0.05, 0) is 42.8 Å². The molecule has 1 aliphatic rings. The lowest BCUT2D eigenvalue weighted by Crippen LogP contribution is -2.31. The van der Waals surface area contributed by atoms with E-state index in [1.807, 2.05) is 37.3 Å². The predicted octanol–water partition coefficient (Wildman–Crippen LogP) is 4.17. The molecule has 1 aliphatic heterocycles. The number of benzene rings is 2. The number of carbonyl (C=O) groups excluding carboxylic acids is 1. The summed E-state index contributed by atoms with van der Waals surface area (Å²) < 4.78 is 40.5. The van der Waals surface area contributed by atoms with Gasteiger partial charge >= 0.3 is 6.36 Å². The maximum absolute atomic E-state index is 12.6. The number of rotatable bonds is 5. The molecule has 136 valence electrons. The Morgan fingerprint density at radius 3 is 2.35 bits per heavy atom. The quantitative estimate of drug-likeness (QED) is 0.868. The summed E-state index contributed by atoms with van der Waals surface area (Å²) in [5, 5.41) is 3.18. The molecule has 1 atom stereocenters. The highest BCUT2D eigenvalue weighted by Gasteiger charge is 2.31. The van der Waals surface area contributed by atoms with Gasteiger partial charge in [0.25, 0.3) is 5.91 Å². The van der Waals surface area contributed by atoms with Crippen LogP contribution in [0.3, 0.4) is 0 Å². The lowest BCUT2D eigenvalue weighted by molar-refractivity contribution is -0.274. The molecule has 0 radical (unpaired) electrons. The maximum atomic E-state index is 12.6. The molecule has 1 amide bonds. The fraction of sp³-hybridized carbons (Fsp3) is 0.211. The van der Waals surface area contributed by atoms with Crippen LogP contribution in [0.1, 0.15) is 18.5 Å². The van der Waals surface area contributed by atoms with E-state index in [4.69, 9.17) is 0 Å². The van der Waals surface area contributed by atoms with Gasteiger partial charge in [0.15, 0.2) is 0 Å². The summed E-state index contributed by atoms with van der Waals surface area (Å²) in [5.41, 5.74) is 2.02. The third kappa shape index (κ3) is 4.17. The monoisotopic (exact) mass is 362 g/mol. The van der Waals surface area contributed by atoms with E-state index in [1.54, 1.807) is 6.08 Å². The Labute approximate surface area is 148 Å². The molecule has 0 saturated carbocycles. The fourth-order valence-corrected chi connectivity index (χ4v) is 2.73. The molecule has 1 unspecified atom stereocenters. The average molecular weight is 362 g/mol. The standard InChI is InChI=1S/C19H17F3N2O2/c1-13(14-5-3-2-4-6-14)23-17-11-12-24(18(17)25)15-7-9-16(10-8-15)26-19(20,21)22/h2-11,13,23H,12H2,1H3. The zero-order valence-electron chi connectivity index (χ0n) is 14.0. The Balaban J connectivity index is 1.65. The van der Waals surface area contributed by atoms with Crippen LogP contribution in [-0.2, 0) is 4.79 Å². The van der Waals surface area contributed by atoms with Gasteiger partial charge in [-0.15, -0.1) is 13.2 Å². The number of alkyl halides is 3. The summed E-state index contributed by atoms with van der Waals surface area (Å²) in [6, 6.07) is 14.9. The Bertz CT molecular complexity index is 802. The minimum Gasteiger partial charge on any atom is -0.406 e. The molecule has 0 bridgehead atoms. The van der Waals surface area contributed by atoms with E-state index in [9.17, 15) is 18.0 Å². The van der Waals surface area contributed by atoms with Crippen LogP contribution in [0.4, 0.5) is 18.9 Å². The van der Waals surface area contributed by atoms with E-state index >= 15 is 0 Å². The van der Waals surface area contributed by atoms with Crippen molar-refractivity contribution in [2.75, 3.05) is 11.4 Å². The molecule has 2 aromatic carbocycles. The first-order valence-electron chi connectivity index (χ1n) is 8.03. The highest BCUT2D eigenvalue weighted by molar-refractivity contribution is 6.07. The lowest BCUT2D eigenvalue weighted by Gasteiger charge is -2.20. The van der Waals surface area contributed by atoms with Crippen molar-refractivity contribution in [1.29, 1.82) is 0 Å². The van der Waals surface area contributed by atoms with Crippen LogP contribution in [-0.4, -0.2) is 18.8 Å². The van der Waals surface area contributed by atoms with Gasteiger partial charge in [0.1, 0.15) is 5.75 Å². The van der Waals surface area contributed by atoms with Gasteiger partial charge in [-0.25, -0.2) is 0 Å². The summed E-state index contributed by atoms with van der Waals surface area (Å²) in [7, 11) is 0. The summed E-state index contributed by atoms with van der Waals surface area (Å²) in [5.74, 6) is -0.547. The molecule has 2 aromatic rings. The van der Waals surface area contributed by atoms with Gasteiger partial charge < -0.3 is 15.0 Å². The van der Waals surface area contributed by atoms with E-state index in [0.29, 0.717) is 17.9 Å². The third-order valence-corrected chi connectivity index (χ3v) is 4.01. The smallest absolute Gasteiger partial charge is 0.406 e. The largest absolute Gasteiger partial charge is 0.573 e. The molecule has 0 aromatic heterocycles. The number of hydrogen-bond donors (Lipinski definition) is 1. The summed E-state index contributed by atoms with van der Waals surface area (Å²) in [4.78, 5) is 14.1. The first-order chi connectivity index (χ1) is 12.3. The van der Waals surface area contributed by atoms with Gasteiger partial charge in [0, 0.05) is 18.3 Å². The number of nitrogens with one attached hydrogen (secondary N) is 1. The van der Waals surface area contributed by atoms with E-state index in [2.05, 4.69) is 10.1 Å². The van der Waals surface area contributed by atoms with Crippen molar-refractivity contribution in [2.45, 2.75) is 19.3 Å². The number of nitrogens with zero attached hydrogens (tertiary/aromatic N) is 1. The SMILES string of the molecule is CC(NC1=CCN(c2ccc(OC(F)(F)F)cc2)C1=O)c1ccccc1. The fourth-order valence-electron chi connectivity index (χ4n) is 2.73. The topological polar surface area (TPSA) is 41.6 Å². The number of carbonyl (C=O) groups is 1. The normalized spacial score (nSPS) is 15.6. The van der Waals surface area contributed by atoms with E-state index in [-0.39, 0.29) is 17.7 Å². The highest BCUT2D eigenvalue weighted by atomic mass is 19.4. The Morgan fingerprint density at radius 2 is 1.73 bits per heavy atom. The highest BCUT2D eigenvalue weighted by Crippen LogP contribution is 2.27. The first kappa shape index (κ1) is 17.8. The van der Waals surface area contributed by atoms with Crippen molar-refractivity contribution in [3.63, 3.8) is 0 Å². The van der Waals surface area contributed by atoms with Gasteiger partial charge in [-0.2, -0.15) is 0 Å². The van der Waals surface area contributed by atoms with Crippen molar-refractivity contribution in [3.8, 4) is 5.75 Å². The van der Waals surface area contributed by atoms with Crippen molar-refractivity contribution in [2.24, 2.45) is 0 Å². The molecule has 0 aliphatic carbocycles. The minimum absolute atomic E-state index is 0.0473. The van der Waals surface area contributed by atoms with Gasteiger partial charge in [0.2, 0.25) is 0 Å². The molecule has 0 spiro atoms. The zero-order valence-corrected chi connectivity index (χ0v) is 14.0. The molecule has 26 heavy (non-hydrogen) atoms. The van der Waals surface area contributed by atoms with Crippen molar-refractivity contribution >= 4 is 11.6 Å². The van der Waals surface area contributed by atoms with Gasteiger partial charge in [0.05, 0.1) is 5.70 Å². The summed E-state index contributed by atoms with van der Waals surface area (Å²) in [6.07, 6.45) is -2.97. The predicted molar refractivity (Wildman–Crippen MR) is 91.6 cm³/mol. The second kappa shape index (κ2) is 7.11. The van der Waals surface area contributed by atoms with Crippen LogP contribution >= 0.6 is 0 Å². The second-order valence-electron chi connectivity index (χ2n) is 5.85. The van der Waals surface area contributed by atoms with Crippen molar-refractivity contribution in [3.05, 3.63) is 71.9 Å². The molecule has 0 saturated heterocycles. The minimum atomic E-state index is -4.74. The van der Waals surface area contributed by atoms with Crippen LogP contribution in [0.2, 0.25) is 0 Å². The maximum Gasteiger partial charge on any atom is 0.573 e. The van der Waals surface area contributed by atoms with E-state index < -0.39 is 6.36 Å². The van der Waals surface area contributed by atoms with Crippen LogP contribution in [0.25, 0.3) is 0 Å². The number of hydrogen-bond acceptors (Lipinski definition) is 3. The number of halogens is 3. The van der Waals surface area contributed by atoms with Crippen LogP contribution in [0, 0.1) is 0 Å². The number of amides is 1. The average Bonchev–Trinajstić information content (AvgIpc) is 2.96. The zero-order chi connectivity index (χ0) is 18.7. The molecule has 7 heteroatoms. The molecular formula is C19H17F3N2O2. The van der Waals surface area contributed by atoms with Gasteiger partial charge in [-0.3, -0.25) is 4.79 Å². The van der Waals surface area contributed by atoms with Gasteiger partial charge in [-0.1, -0.05) is 30.3 Å². The van der Waals surface area contributed by atoms with Crippen LogP contribution < -0.4 is 15.0 Å². The van der Waals surface area contributed by atoms with E-state index in [1.165, 1.54) is 29.2 Å². The van der Waals surface area contributed by atoms with Crippen LogP contribution in [0.15, 0.2) is 66.4 Å².